The van der Waals surface area contributed by atoms with E-state index in [2.05, 4.69) is 0 Å². The zero-order valence-corrected chi connectivity index (χ0v) is 16.4. The Kier molecular flexibility index (Phi) is 6.28. The van der Waals surface area contributed by atoms with Crippen molar-refractivity contribution in [2.75, 3.05) is 13.1 Å². The molecule has 1 fully saturated rings. The highest BCUT2D eigenvalue weighted by molar-refractivity contribution is 7.89. The van der Waals surface area contributed by atoms with Crippen LogP contribution in [0.3, 0.4) is 0 Å². The molecule has 7 nitrogen and oxygen atoms in total. The van der Waals surface area contributed by atoms with Crippen molar-refractivity contribution in [3.63, 3.8) is 0 Å². The van der Waals surface area contributed by atoms with E-state index in [-0.39, 0.29) is 36.5 Å². The molecule has 1 saturated heterocycles. The van der Waals surface area contributed by atoms with E-state index in [1.54, 1.807) is 24.3 Å². The van der Waals surface area contributed by atoms with Crippen LogP contribution in [0.25, 0.3) is 0 Å². The number of benzene rings is 2. The van der Waals surface area contributed by atoms with E-state index in [0.29, 0.717) is 24.0 Å². The van der Waals surface area contributed by atoms with Crippen LogP contribution in [-0.2, 0) is 26.2 Å². The van der Waals surface area contributed by atoms with Gasteiger partial charge in [0.15, 0.2) is 0 Å². The lowest BCUT2D eigenvalue weighted by Crippen LogP contribution is -2.40. The van der Waals surface area contributed by atoms with Gasteiger partial charge >= 0.3 is 5.97 Å². The number of sulfonamides is 1. The predicted molar refractivity (Wildman–Crippen MR) is 104 cm³/mol. The summed E-state index contributed by atoms with van der Waals surface area (Å²) in [6.07, 6.45) is 0.781. The maximum Gasteiger partial charge on any atom is 0.309 e. The molecule has 8 heteroatoms. The number of nitrogens with zero attached hydrogens (tertiary/aromatic N) is 3. The number of esters is 1. The van der Waals surface area contributed by atoms with E-state index in [9.17, 15) is 13.2 Å². The van der Waals surface area contributed by atoms with Gasteiger partial charge in [0.25, 0.3) is 0 Å². The third-order valence-corrected chi connectivity index (χ3v) is 6.79. The third kappa shape index (κ3) is 4.80. The molecule has 0 aliphatic carbocycles. The fourth-order valence-corrected chi connectivity index (χ4v) is 4.60. The van der Waals surface area contributed by atoms with Crippen molar-refractivity contribution < 1.29 is 17.9 Å². The van der Waals surface area contributed by atoms with Crippen LogP contribution in [0.1, 0.15) is 29.5 Å². The van der Waals surface area contributed by atoms with Gasteiger partial charge in [0, 0.05) is 13.1 Å². The normalized spacial score (nSPS) is 15.2. The largest absolute Gasteiger partial charge is 0.461 e. The minimum Gasteiger partial charge on any atom is -0.461 e. The SMILES string of the molecule is N#Cc1ccc(COC(=O)C2CCN(S(=O)(=O)c3ccc(C#N)cc3)CC2)cc1. The van der Waals surface area contributed by atoms with Crippen LogP contribution >= 0.6 is 0 Å². The highest BCUT2D eigenvalue weighted by Crippen LogP contribution is 2.25. The first-order chi connectivity index (χ1) is 13.9. The number of carbonyl (C=O) groups is 1. The third-order valence-electron chi connectivity index (χ3n) is 4.87. The predicted octanol–water partition coefficient (Wildman–Crippen LogP) is 2.57. The molecular formula is C21H19N3O4S. The summed E-state index contributed by atoms with van der Waals surface area (Å²) < 4.78 is 32.2. The monoisotopic (exact) mass is 409 g/mol. The maximum absolute atomic E-state index is 12.7. The number of hydrogen-bond donors (Lipinski definition) is 0. The van der Waals surface area contributed by atoms with Crippen LogP contribution in [0, 0.1) is 28.6 Å². The van der Waals surface area contributed by atoms with Gasteiger partial charge in [0.05, 0.1) is 34.1 Å². The van der Waals surface area contributed by atoms with Crippen LogP contribution in [0.2, 0.25) is 0 Å². The quantitative estimate of drug-likeness (QED) is 0.702. The van der Waals surface area contributed by atoms with Crippen molar-refractivity contribution in [2.45, 2.75) is 24.3 Å². The lowest BCUT2D eigenvalue weighted by atomic mass is 9.98. The fraction of sp³-hybridized carbons (Fsp3) is 0.286. The molecule has 0 radical (unpaired) electrons. The van der Waals surface area contributed by atoms with Gasteiger partial charge in [-0.15, -0.1) is 0 Å². The fourth-order valence-electron chi connectivity index (χ4n) is 3.13. The van der Waals surface area contributed by atoms with Gasteiger partial charge in [-0.2, -0.15) is 14.8 Å². The molecule has 1 aliphatic heterocycles. The van der Waals surface area contributed by atoms with Crippen molar-refractivity contribution in [3.8, 4) is 12.1 Å². The Morgan fingerprint density at radius 1 is 0.966 bits per heavy atom. The van der Waals surface area contributed by atoms with Gasteiger partial charge in [-0.1, -0.05) is 12.1 Å². The molecular weight excluding hydrogens is 390 g/mol. The van der Waals surface area contributed by atoms with Gasteiger partial charge in [0.2, 0.25) is 10.0 Å². The van der Waals surface area contributed by atoms with Crippen molar-refractivity contribution in [3.05, 3.63) is 65.2 Å². The summed E-state index contributed by atoms with van der Waals surface area (Å²) >= 11 is 0. The first-order valence-corrected chi connectivity index (χ1v) is 10.5. The molecule has 0 atom stereocenters. The van der Waals surface area contributed by atoms with Gasteiger partial charge < -0.3 is 4.74 Å². The second-order valence-corrected chi connectivity index (χ2v) is 8.67. The summed E-state index contributed by atoms with van der Waals surface area (Å²) in [5.41, 5.74) is 1.72. The molecule has 0 saturated carbocycles. The number of hydrogen-bond acceptors (Lipinski definition) is 6. The Balaban J connectivity index is 1.54. The van der Waals surface area contributed by atoms with Crippen molar-refractivity contribution in [2.24, 2.45) is 5.92 Å². The number of carbonyl (C=O) groups excluding carboxylic acids is 1. The molecule has 0 N–H and O–H groups in total. The summed E-state index contributed by atoms with van der Waals surface area (Å²) in [5.74, 6) is -0.689. The second-order valence-electron chi connectivity index (χ2n) is 6.73. The summed E-state index contributed by atoms with van der Waals surface area (Å²) in [6, 6.07) is 16.6. The molecule has 29 heavy (non-hydrogen) atoms. The Bertz CT molecular complexity index is 1060. The standard InChI is InChI=1S/C21H19N3O4S/c22-13-16-1-3-18(4-2-16)15-28-21(25)19-9-11-24(12-10-19)29(26,27)20-7-5-17(14-23)6-8-20/h1-8,19H,9-12,15H2. The van der Waals surface area contributed by atoms with Gasteiger partial charge in [-0.3, -0.25) is 4.79 Å². The minimum absolute atomic E-state index is 0.119. The molecule has 1 aliphatic rings. The minimum atomic E-state index is -3.65. The second kappa shape index (κ2) is 8.87. The van der Waals surface area contributed by atoms with E-state index < -0.39 is 10.0 Å². The molecule has 2 aromatic rings. The van der Waals surface area contributed by atoms with Crippen molar-refractivity contribution in [1.29, 1.82) is 10.5 Å². The molecule has 148 valence electrons. The van der Waals surface area contributed by atoms with E-state index in [1.807, 2.05) is 12.1 Å². The van der Waals surface area contributed by atoms with Gasteiger partial charge in [-0.25, -0.2) is 8.42 Å². The molecule has 1 heterocycles. The van der Waals surface area contributed by atoms with Crippen LogP contribution in [0.5, 0.6) is 0 Å². The summed E-state index contributed by atoms with van der Waals surface area (Å²) in [5, 5.41) is 17.6. The van der Waals surface area contributed by atoms with Crippen LogP contribution in [0.4, 0.5) is 0 Å². The Hall–Kier alpha value is -3.20. The molecule has 0 amide bonds. The van der Waals surface area contributed by atoms with Crippen molar-refractivity contribution in [1.82, 2.24) is 4.31 Å². The number of rotatable bonds is 5. The Morgan fingerprint density at radius 3 is 2.00 bits per heavy atom. The highest BCUT2D eigenvalue weighted by atomic mass is 32.2. The average molecular weight is 409 g/mol. The van der Waals surface area contributed by atoms with E-state index in [4.69, 9.17) is 15.3 Å². The van der Waals surface area contributed by atoms with E-state index in [1.165, 1.54) is 28.6 Å². The molecule has 0 spiro atoms. The van der Waals surface area contributed by atoms with Crippen molar-refractivity contribution >= 4 is 16.0 Å². The highest BCUT2D eigenvalue weighted by Gasteiger charge is 2.32. The van der Waals surface area contributed by atoms with Crippen LogP contribution in [0.15, 0.2) is 53.4 Å². The van der Waals surface area contributed by atoms with Gasteiger partial charge in [0.1, 0.15) is 6.61 Å². The molecule has 2 aromatic carbocycles. The molecule has 0 unspecified atom stereocenters. The molecule has 0 aromatic heterocycles. The Labute approximate surface area is 169 Å². The summed E-state index contributed by atoms with van der Waals surface area (Å²) in [7, 11) is -3.65. The number of ether oxygens (including phenoxy) is 1. The van der Waals surface area contributed by atoms with E-state index in [0.717, 1.165) is 5.56 Å². The first-order valence-electron chi connectivity index (χ1n) is 9.10. The van der Waals surface area contributed by atoms with Gasteiger partial charge in [-0.05, 0) is 54.8 Å². The number of piperidine rings is 1. The van der Waals surface area contributed by atoms with E-state index >= 15 is 0 Å². The maximum atomic E-state index is 12.7. The van der Waals surface area contributed by atoms with Crippen LogP contribution < -0.4 is 0 Å². The molecule has 3 rings (SSSR count). The topological polar surface area (TPSA) is 111 Å². The molecule has 0 bridgehead atoms. The Morgan fingerprint density at radius 2 is 1.48 bits per heavy atom. The summed E-state index contributed by atoms with van der Waals surface area (Å²) in [4.78, 5) is 12.5. The zero-order valence-electron chi connectivity index (χ0n) is 15.6. The smallest absolute Gasteiger partial charge is 0.309 e. The van der Waals surface area contributed by atoms with Crippen LogP contribution in [-0.4, -0.2) is 31.8 Å². The lowest BCUT2D eigenvalue weighted by molar-refractivity contribution is -0.151. The lowest BCUT2D eigenvalue weighted by Gasteiger charge is -2.30. The first kappa shape index (κ1) is 20.5. The average Bonchev–Trinajstić information content (AvgIpc) is 2.78. The zero-order chi connectivity index (χ0) is 20.9. The number of nitriles is 2. The summed E-state index contributed by atoms with van der Waals surface area (Å²) in [6.45, 7) is 0.590.